The zero-order valence-electron chi connectivity index (χ0n) is 32.1. The van der Waals surface area contributed by atoms with E-state index in [9.17, 15) is 0 Å². The predicted octanol–water partition coefficient (Wildman–Crippen LogP) is 14.9. The normalized spacial score (nSPS) is 15.5. The second kappa shape index (κ2) is 13.1. The molecular formula is C55H41NO. The third-order valence-corrected chi connectivity index (χ3v) is 12.4. The fourth-order valence-electron chi connectivity index (χ4n) is 9.59. The molecule has 9 aromatic rings. The fraction of sp³-hybridized carbons (Fsp3) is 0.0909. The fourth-order valence-corrected chi connectivity index (χ4v) is 9.59. The van der Waals surface area contributed by atoms with E-state index in [2.05, 4.69) is 213 Å². The second-order valence-electron chi connectivity index (χ2n) is 16.0. The molecule has 1 heterocycles. The maximum absolute atomic E-state index is 6.99. The van der Waals surface area contributed by atoms with Gasteiger partial charge in [-0.1, -0.05) is 178 Å². The number of furan rings is 1. The van der Waals surface area contributed by atoms with E-state index in [-0.39, 0.29) is 11.5 Å². The molecule has 1 unspecified atom stereocenters. The van der Waals surface area contributed by atoms with E-state index in [4.69, 9.17) is 4.42 Å². The molecule has 0 saturated carbocycles. The Hall–Kier alpha value is -6.90. The molecular weight excluding hydrogens is 691 g/mol. The van der Waals surface area contributed by atoms with Gasteiger partial charge in [0.25, 0.3) is 0 Å². The highest BCUT2D eigenvalue weighted by molar-refractivity contribution is 6.20. The molecule has 0 bridgehead atoms. The number of allylic oxidation sites excluding steroid dienone is 2. The second-order valence-corrected chi connectivity index (χ2v) is 16.0. The third-order valence-electron chi connectivity index (χ3n) is 12.4. The zero-order valence-corrected chi connectivity index (χ0v) is 32.1. The first-order valence-electron chi connectivity index (χ1n) is 20.0. The molecule has 2 heteroatoms. The topological polar surface area (TPSA) is 16.4 Å². The van der Waals surface area contributed by atoms with Crippen LogP contribution in [0.2, 0.25) is 0 Å². The molecule has 2 aliphatic carbocycles. The number of rotatable bonds is 6. The highest BCUT2D eigenvalue weighted by Gasteiger charge is 2.36. The van der Waals surface area contributed by atoms with Gasteiger partial charge in [0.2, 0.25) is 0 Å². The largest absolute Gasteiger partial charge is 0.455 e. The Morgan fingerprint density at radius 1 is 0.474 bits per heavy atom. The van der Waals surface area contributed by atoms with Crippen molar-refractivity contribution in [2.45, 2.75) is 31.7 Å². The van der Waals surface area contributed by atoms with Crippen LogP contribution in [-0.4, -0.2) is 6.04 Å². The summed E-state index contributed by atoms with van der Waals surface area (Å²) >= 11 is 0. The van der Waals surface area contributed by atoms with Gasteiger partial charge in [-0.2, -0.15) is 0 Å². The first-order valence-corrected chi connectivity index (χ1v) is 20.0. The van der Waals surface area contributed by atoms with Gasteiger partial charge in [0, 0.05) is 38.5 Å². The van der Waals surface area contributed by atoms with Gasteiger partial charge in [-0.15, -0.1) is 0 Å². The monoisotopic (exact) mass is 731 g/mol. The van der Waals surface area contributed by atoms with Crippen molar-refractivity contribution in [3.8, 4) is 33.4 Å². The number of fused-ring (bicyclic) bond motifs is 8. The van der Waals surface area contributed by atoms with Gasteiger partial charge < -0.3 is 9.32 Å². The molecule has 8 aromatic carbocycles. The van der Waals surface area contributed by atoms with Crippen molar-refractivity contribution >= 4 is 49.7 Å². The van der Waals surface area contributed by atoms with E-state index in [1.807, 2.05) is 0 Å². The number of benzene rings is 8. The predicted molar refractivity (Wildman–Crippen MR) is 240 cm³/mol. The number of nitrogens with zero attached hydrogens (tertiary/aromatic N) is 1. The van der Waals surface area contributed by atoms with Crippen LogP contribution >= 0.6 is 0 Å². The molecule has 0 amide bonds. The number of hydrogen-bond donors (Lipinski definition) is 0. The average Bonchev–Trinajstić information content (AvgIpc) is 3.76. The summed E-state index contributed by atoms with van der Waals surface area (Å²) in [4.78, 5) is 2.54. The lowest BCUT2D eigenvalue weighted by Gasteiger charge is -2.35. The SMILES string of the molecule is CC1(C)c2ccccc2-c2ccc(N(c3ccc(-c4ccccc4)cc3)C3C=CC=C(c4cccc5c4oc4c6ccccc6c(-c6ccccc6)cc54)C3)cc21. The van der Waals surface area contributed by atoms with Crippen LogP contribution in [0.25, 0.3) is 71.7 Å². The molecule has 0 saturated heterocycles. The van der Waals surface area contributed by atoms with Gasteiger partial charge in [0.15, 0.2) is 0 Å². The Bertz CT molecular complexity index is 3060. The van der Waals surface area contributed by atoms with Crippen molar-refractivity contribution in [1.29, 1.82) is 0 Å². The van der Waals surface area contributed by atoms with Gasteiger partial charge in [0.05, 0.1) is 6.04 Å². The highest BCUT2D eigenvalue weighted by Crippen LogP contribution is 2.51. The van der Waals surface area contributed by atoms with Crippen LogP contribution in [0.5, 0.6) is 0 Å². The van der Waals surface area contributed by atoms with Crippen LogP contribution in [0.1, 0.15) is 37.0 Å². The minimum atomic E-state index is -0.0975. The first kappa shape index (κ1) is 33.4. The van der Waals surface area contributed by atoms with Gasteiger partial charge in [-0.05, 0) is 92.2 Å². The van der Waals surface area contributed by atoms with E-state index in [0.29, 0.717) is 0 Å². The first-order chi connectivity index (χ1) is 28.0. The maximum Gasteiger partial charge on any atom is 0.143 e. The summed E-state index contributed by atoms with van der Waals surface area (Å²) in [5.41, 5.74) is 16.9. The molecule has 0 aliphatic heterocycles. The van der Waals surface area contributed by atoms with E-state index in [1.165, 1.54) is 66.8 Å². The average molecular weight is 732 g/mol. The standard InChI is InChI=1S/C55H41NO/c1-55(2)51-26-12-11-22-45(51)46-32-31-42(34-52(46)55)56(40-29-27-37(28-30-40)36-15-5-3-6-16-36)41-20-13-19-39(33-41)43-24-14-25-48-50-35-49(38-17-7-4-8-18-38)44-21-9-10-23-47(44)54(50)57-53(43)48/h3-32,34-35,41H,33H2,1-2H3. The lowest BCUT2D eigenvalue weighted by molar-refractivity contribution is 0.659. The highest BCUT2D eigenvalue weighted by atomic mass is 16.3. The van der Waals surface area contributed by atoms with Crippen LogP contribution in [0, 0.1) is 0 Å². The molecule has 0 radical (unpaired) electrons. The van der Waals surface area contributed by atoms with Gasteiger partial charge in [0.1, 0.15) is 11.2 Å². The van der Waals surface area contributed by atoms with Crippen molar-refractivity contribution < 1.29 is 4.42 Å². The van der Waals surface area contributed by atoms with Crippen molar-refractivity contribution in [3.63, 3.8) is 0 Å². The lowest BCUT2D eigenvalue weighted by atomic mass is 9.82. The van der Waals surface area contributed by atoms with Crippen molar-refractivity contribution in [1.82, 2.24) is 0 Å². The molecule has 0 spiro atoms. The Balaban J connectivity index is 1.02. The molecule has 1 aromatic heterocycles. The Kier molecular flexibility index (Phi) is 7.69. The number of hydrogen-bond acceptors (Lipinski definition) is 2. The molecule has 1 atom stereocenters. The molecule has 0 N–H and O–H groups in total. The van der Waals surface area contributed by atoms with Gasteiger partial charge >= 0.3 is 0 Å². The minimum absolute atomic E-state index is 0.0719. The van der Waals surface area contributed by atoms with E-state index in [1.54, 1.807) is 0 Å². The van der Waals surface area contributed by atoms with Gasteiger partial charge in [-0.25, -0.2) is 0 Å². The zero-order chi connectivity index (χ0) is 38.1. The minimum Gasteiger partial charge on any atom is -0.455 e. The van der Waals surface area contributed by atoms with Crippen molar-refractivity contribution in [2.75, 3.05) is 4.90 Å². The number of para-hydroxylation sites is 1. The molecule has 57 heavy (non-hydrogen) atoms. The summed E-state index contributed by atoms with van der Waals surface area (Å²) in [6.07, 6.45) is 7.71. The smallest absolute Gasteiger partial charge is 0.143 e. The maximum atomic E-state index is 6.99. The van der Waals surface area contributed by atoms with Crippen molar-refractivity contribution in [2.24, 2.45) is 0 Å². The molecule has 11 rings (SSSR count). The summed E-state index contributed by atoms with van der Waals surface area (Å²) in [6, 6.07) is 64.1. The van der Waals surface area contributed by atoms with Crippen LogP contribution in [0.15, 0.2) is 199 Å². The van der Waals surface area contributed by atoms with Crippen LogP contribution < -0.4 is 4.90 Å². The quantitative estimate of drug-likeness (QED) is 0.169. The summed E-state index contributed by atoms with van der Waals surface area (Å²) in [7, 11) is 0. The van der Waals surface area contributed by atoms with E-state index in [0.717, 1.165) is 39.3 Å². The van der Waals surface area contributed by atoms with Crippen LogP contribution in [0.3, 0.4) is 0 Å². The van der Waals surface area contributed by atoms with Crippen LogP contribution in [-0.2, 0) is 5.41 Å². The summed E-state index contributed by atoms with van der Waals surface area (Å²) in [6.45, 7) is 4.73. The third kappa shape index (κ3) is 5.39. The van der Waals surface area contributed by atoms with E-state index < -0.39 is 0 Å². The van der Waals surface area contributed by atoms with Crippen LogP contribution in [0.4, 0.5) is 11.4 Å². The molecule has 0 fully saturated rings. The molecule has 2 aliphatic rings. The van der Waals surface area contributed by atoms with Crippen molar-refractivity contribution in [3.05, 3.63) is 211 Å². The molecule has 2 nitrogen and oxygen atoms in total. The molecule has 272 valence electrons. The number of anilines is 2. The van der Waals surface area contributed by atoms with E-state index >= 15 is 0 Å². The summed E-state index contributed by atoms with van der Waals surface area (Å²) < 4.78 is 6.99. The van der Waals surface area contributed by atoms with Gasteiger partial charge in [-0.3, -0.25) is 0 Å². The summed E-state index contributed by atoms with van der Waals surface area (Å²) in [5.74, 6) is 0. The summed E-state index contributed by atoms with van der Waals surface area (Å²) in [5, 5.41) is 4.63. The lowest BCUT2D eigenvalue weighted by Crippen LogP contribution is -2.31. The Morgan fingerprint density at radius 3 is 1.89 bits per heavy atom. The Morgan fingerprint density at radius 2 is 1.09 bits per heavy atom. The Labute approximate surface area is 333 Å².